The number of hydrogen-bond donors (Lipinski definition) is 2. The molecule has 0 bridgehead atoms. The molecule has 0 saturated carbocycles. The number of amides is 1. The summed E-state index contributed by atoms with van der Waals surface area (Å²) in [6.45, 7) is 2.43. The third-order valence-electron chi connectivity index (χ3n) is 5.84. The number of rotatable bonds is 8. The van der Waals surface area contributed by atoms with Gasteiger partial charge in [-0.25, -0.2) is 9.78 Å². The summed E-state index contributed by atoms with van der Waals surface area (Å²) in [5.41, 5.74) is 2.72. The van der Waals surface area contributed by atoms with Crippen LogP contribution in [0.15, 0.2) is 42.6 Å². The van der Waals surface area contributed by atoms with Crippen molar-refractivity contribution in [1.29, 1.82) is 0 Å². The molecule has 3 aromatic rings. The number of aliphatic hydroxyl groups excluding tert-OH is 1. The molecule has 1 aromatic carbocycles. The summed E-state index contributed by atoms with van der Waals surface area (Å²) in [5, 5.41) is 14.0. The molecule has 0 aliphatic carbocycles. The largest absolute Gasteiger partial charge is 0.486 e. The van der Waals surface area contributed by atoms with Crippen molar-refractivity contribution in [2.24, 2.45) is 0 Å². The maximum Gasteiger partial charge on any atom is 0.414 e. The number of cyclic esters (lactones) is 1. The number of carbonyl (C=O) groups excluding carboxylic acids is 1. The van der Waals surface area contributed by atoms with E-state index in [0.717, 1.165) is 0 Å². The van der Waals surface area contributed by atoms with Crippen molar-refractivity contribution < 1.29 is 28.8 Å². The normalized spacial score (nSPS) is 18.1. The minimum Gasteiger partial charge on any atom is -0.486 e. The Morgan fingerprint density at radius 3 is 2.91 bits per heavy atom. The van der Waals surface area contributed by atoms with Crippen LogP contribution in [0.3, 0.4) is 0 Å². The number of hydrogen-bond acceptors (Lipinski definition) is 9. The van der Waals surface area contributed by atoms with Gasteiger partial charge in [-0.2, -0.15) is 0 Å². The molecule has 2 aliphatic rings. The van der Waals surface area contributed by atoms with Gasteiger partial charge in [-0.05, 0) is 37.2 Å². The molecule has 0 radical (unpaired) electrons. The number of pyridine rings is 2. The van der Waals surface area contributed by atoms with E-state index in [-0.39, 0.29) is 6.10 Å². The molecule has 2 aromatic heterocycles. The first-order valence-electron chi connectivity index (χ1n) is 11.2. The van der Waals surface area contributed by atoms with Crippen molar-refractivity contribution in [2.75, 3.05) is 44.9 Å². The number of methoxy groups -OCH3 is 1. The summed E-state index contributed by atoms with van der Waals surface area (Å²) >= 11 is 0. The molecular weight excluding hydrogens is 440 g/mol. The molecule has 2 atom stereocenters. The fourth-order valence-corrected chi connectivity index (χ4v) is 4.11. The van der Waals surface area contributed by atoms with Gasteiger partial charge in [-0.1, -0.05) is 0 Å². The van der Waals surface area contributed by atoms with E-state index in [0.29, 0.717) is 78.9 Å². The van der Waals surface area contributed by atoms with Crippen molar-refractivity contribution in [3.63, 3.8) is 0 Å². The SMILES string of the molecule is COc1ccc2nccc(C(O)CCNC[C@@H]3CN(c4ccc5c(c4)OCCO5)C(=O)O3)c2n1. The number of nitrogens with zero attached hydrogens (tertiary/aromatic N) is 3. The zero-order chi connectivity index (χ0) is 23.5. The molecule has 2 aliphatic heterocycles. The van der Waals surface area contributed by atoms with Crippen LogP contribution in [-0.2, 0) is 4.74 Å². The van der Waals surface area contributed by atoms with Crippen LogP contribution in [0.4, 0.5) is 10.5 Å². The van der Waals surface area contributed by atoms with Gasteiger partial charge < -0.3 is 29.4 Å². The average Bonchev–Trinajstić information content (AvgIpc) is 3.25. The van der Waals surface area contributed by atoms with Crippen LogP contribution >= 0.6 is 0 Å². The zero-order valence-corrected chi connectivity index (χ0v) is 18.8. The lowest BCUT2D eigenvalue weighted by Gasteiger charge is -2.21. The van der Waals surface area contributed by atoms with Crippen LogP contribution in [0.2, 0.25) is 0 Å². The predicted molar refractivity (Wildman–Crippen MR) is 124 cm³/mol. The standard InChI is InChI=1S/C24H26N4O6/c1-31-22-5-3-18-23(27-22)17(6-9-26-18)19(29)7-8-25-13-16-14-28(24(30)34-16)15-2-4-20-21(12-15)33-11-10-32-20/h2-6,9,12,16,19,25,29H,7-8,10-11,13-14H2,1H3/t16-,19?/m1/s1. The highest BCUT2D eigenvalue weighted by Crippen LogP contribution is 2.35. The fourth-order valence-electron chi connectivity index (χ4n) is 4.11. The van der Waals surface area contributed by atoms with Crippen molar-refractivity contribution in [3.05, 3.63) is 48.2 Å². The summed E-state index contributed by atoms with van der Waals surface area (Å²) in [6.07, 6.45) is 0.701. The Bertz CT molecular complexity index is 1190. The van der Waals surface area contributed by atoms with Crippen molar-refractivity contribution >= 4 is 22.8 Å². The van der Waals surface area contributed by atoms with E-state index in [1.54, 1.807) is 42.5 Å². The van der Waals surface area contributed by atoms with Gasteiger partial charge in [-0.3, -0.25) is 9.88 Å². The molecule has 10 heteroatoms. The second-order valence-corrected chi connectivity index (χ2v) is 8.07. The highest BCUT2D eigenvalue weighted by atomic mass is 16.6. The van der Waals surface area contributed by atoms with Crippen LogP contribution < -0.4 is 24.4 Å². The number of carbonyl (C=O) groups is 1. The van der Waals surface area contributed by atoms with Gasteiger partial charge in [0.05, 0.1) is 36.5 Å². The summed E-state index contributed by atoms with van der Waals surface area (Å²) < 4.78 is 21.8. The Morgan fingerprint density at radius 1 is 1.21 bits per heavy atom. The second kappa shape index (κ2) is 9.70. The Labute approximate surface area is 196 Å². The Kier molecular flexibility index (Phi) is 6.33. The summed E-state index contributed by atoms with van der Waals surface area (Å²) in [5.74, 6) is 1.77. The maximum atomic E-state index is 12.4. The molecule has 2 N–H and O–H groups in total. The molecular formula is C24H26N4O6. The first-order valence-corrected chi connectivity index (χ1v) is 11.2. The molecule has 1 fully saturated rings. The number of ether oxygens (including phenoxy) is 4. The number of aromatic nitrogens is 2. The lowest BCUT2D eigenvalue weighted by molar-refractivity contribution is 0.136. The van der Waals surface area contributed by atoms with Crippen LogP contribution in [0.1, 0.15) is 18.1 Å². The quantitative estimate of drug-likeness (QED) is 0.483. The molecule has 1 saturated heterocycles. The van der Waals surface area contributed by atoms with Gasteiger partial charge >= 0.3 is 6.09 Å². The predicted octanol–water partition coefficient (Wildman–Crippen LogP) is 2.45. The first kappa shape index (κ1) is 22.2. The minimum atomic E-state index is -0.724. The van der Waals surface area contributed by atoms with E-state index < -0.39 is 12.2 Å². The van der Waals surface area contributed by atoms with E-state index in [4.69, 9.17) is 18.9 Å². The van der Waals surface area contributed by atoms with Crippen molar-refractivity contribution in [1.82, 2.24) is 15.3 Å². The lowest BCUT2D eigenvalue weighted by Crippen LogP contribution is -2.32. The molecule has 1 amide bonds. The Balaban J connectivity index is 1.14. The first-order chi connectivity index (χ1) is 16.6. The van der Waals surface area contributed by atoms with E-state index in [9.17, 15) is 9.90 Å². The van der Waals surface area contributed by atoms with Gasteiger partial charge in [0.2, 0.25) is 5.88 Å². The molecule has 0 spiro atoms. The molecule has 4 heterocycles. The molecule has 1 unspecified atom stereocenters. The molecule has 34 heavy (non-hydrogen) atoms. The smallest absolute Gasteiger partial charge is 0.414 e. The average molecular weight is 466 g/mol. The highest BCUT2D eigenvalue weighted by Gasteiger charge is 2.32. The monoisotopic (exact) mass is 466 g/mol. The van der Waals surface area contributed by atoms with Gasteiger partial charge in [0.1, 0.15) is 19.3 Å². The van der Waals surface area contributed by atoms with Gasteiger partial charge in [-0.15, -0.1) is 0 Å². The van der Waals surface area contributed by atoms with E-state index in [2.05, 4.69) is 15.3 Å². The molecule has 178 valence electrons. The van der Waals surface area contributed by atoms with Crippen LogP contribution in [0, 0.1) is 0 Å². The number of nitrogens with one attached hydrogen (secondary N) is 1. The van der Waals surface area contributed by atoms with Crippen LogP contribution in [0.5, 0.6) is 17.4 Å². The van der Waals surface area contributed by atoms with Gasteiger partial charge in [0, 0.05) is 30.4 Å². The fraction of sp³-hybridized carbons (Fsp3) is 0.375. The number of aliphatic hydroxyl groups is 1. The number of benzene rings is 1. The van der Waals surface area contributed by atoms with Crippen molar-refractivity contribution in [2.45, 2.75) is 18.6 Å². The lowest BCUT2D eigenvalue weighted by atomic mass is 10.1. The summed E-state index contributed by atoms with van der Waals surface area (Å²) in [7, 11) is 1.55. The van der Waals surface area contributed by atoms with Crippen LogP contribution in [-0.4, -0.2) is 67.2 Å². The topological polar surface area (TPSA) is 115 Å². The molecule has 5 rings (SSSR count). The Hall–Kier alpha value is -3.63. The van der Waals surface area contributed by atoms with E-state index in [1.807, 2.05) is 12.1 Å². The third kappa shape index (κ3) is 4.55. The third-order valence-corrected chi connectivity index (χ3v) is 5.84. The number of fused-ring (bicyclic) bond motifs is 2. The summed E-state index contributed by atoms with van der Waals surface area (Å²) in [4.78, 5) is 22.7. The minimum absolute atomic E-state index is 0.300. The zero-order valence-electron chi connectivity index (χ0n) is 18.8. The highest BCUT2D eigenvalue weighted by molar-refractivity contribution is 5.90. The van der Waals surface area contributed by atoms with Crippen molar-refractivity contribution in [3.8, 4) is 17.4 Å². The number of anilines is 1. The molecule has 10 nitrogen and oxygen atoms in total. The Morgan fingerprint density at radius 2 is 2.06 bits per heavy atom. The van der Waals surface area contributed by atoms with Gasteiger partial charge in [0.25, 0.3) is 0 Å². The van der Waals surface area contributed by atoms with E-state index in [1.165, 1.54) is 0 Å². The van der Waals surface area contributed by atoms with E-state index >= 15 is 0 Å². The second-order valence-electron chi connectivity index (χ2n) is 8.07. The van der Waals surface area contributed by atoms with Crippen LogP contribution in [0.25, 0.3) is 11.0 Å². The summed E-state index contributed by atoms with van der Waals surface area (Å²) in [6, 6.07) is 10.7. The van der Waals surface area contributed by atoms with Gasteiger partial charge in [0.15, 0.2) is 11.5 Å². The maximum absolute atomic E-state index is 12.4.